The first-order valence-electron chi connectivity index (χ1n) is 6.14. The Kier molecular flexibility index (Phi) is 5.19. The van der Waals surface area contributed by atoms with Crippen molar-refractivity contribution in [3.05, 3.63) is 39.4 Å². The number of amides is 1. The van der Waals surface area contributed by atoms with Crippen molar-refractivity contribution in [3.8, 4) is 5.75 Å². The second kappa shape index (κ2) is 6.91. The molecule has 0 aliphatic carbocycles. The monoisotopic (exact) mass is 373 g/mol. The van der Waals surface area contributed by atoms with Gasteiger partial charge in [0.15, 0.2) is 6.10 Å². The predicted molar refractivity (Wildman–Crippen MR) is 80.0 cm³/mol. The molecule has 2 aromatic rings. The fourth-order valence-electron chi connectivity index (χ4n) is 1.52. The van der Waals surface area contributed by atoms with E-state index in [1.54, 1.807) is 19.1 Å². The van der Waals surface area contributed by atoms with Crippen LogP contribution in [0.3, 0.4) is 0 Å². The van der Waals surface area contributed by atoms with Crippen molar-refractivity contribution in [2.24, 2.45) is 0 Å². The molecule has 2 rings (SSSR count). The summed E-state index contributed by atoms with van der Waals surface area (Å²) < 4.78 is 11.6. The molecule has 0 fully saturated rings. The highest BCUT2D eigenvalue weighted by Crippen LogP contribution is 2.30. The third kappa shape index (κ3) is 4.44. The maximum absolute atomic E-state index is 10.8. The van der Waals surface area contributed by atoms with Crippen molar-refractivity contribution in [2.45, 2.75) is 26.5 Å². The summed E-state index contributed by atoms with van der Waals surface area (Å²) in [5, 5.41) is 6.88. The van der Waals surface area contributed by atoms with Crippen LogP contribution in [-0.2, 0) is 11.3 Å². The molecule has 8 heteroatoms. The van der Waals surface area contributed by atoms with Crippen LogP contribution < -0.4 is 10.1 Å². The normalized spacial score (nSPS) is 12.0. The van der Waals surface area contributed by atoms with E-state index in [2.05, 4.69) is 31.4 Å². The molecule has 0 bridgehead atoms. The molecule has 0 saturated heterocycles. The Hall–Kier alpha value is -1.60. The molecule has 1 N–H and O–H groups in total. The van der Waals surface area contributed by atoms with Crippen LogP contribution in [0.15, 0.2) is 27.2 Å². The second-order valence-corrected chi connectivity index (χ2v) is 5.61. The third-order valence-electron chi connectivity index (χ3n) is 2.53. The first-order chi connectivity index (χ1) is 9.95. The lowest BCUT2D eigenvalue weighted by molar-refractivity contribution is -0.119. The van der Waals surface area contributed by atoms with Crippen molar-refractivity contribution < 1.29 is 14.1 Å². The van der Waals surface area contributed by atoms with E-state index in [-0.39, 0.29) is 12.5 Å². The minimum atomic E-state index is -0.432. The Balaban J connectivity index is 2.03. The number of halogens is 2. The van der Waals surface area contributed by atoms with E-state index in [4.69, 9.17) is 20.9 Å². The van der Waals surface area contributed by atoms with Crippen molar-refractivity contribution >= 4 is 33.4 Å². The van der Waals surface area contributed by atoms with Gasteiger partial charge in [0.25, 0.3) is 0 Å². The second-order valence-electron chi connectivity index (χ2n) is 4.29. The highest BCUT2D eigenvalue weighted by Gasteiger charge is 2.16. The molecule has 0 saturated carbocycles. The molecule has 1 aromatic heterocycles. The van der Waals surface area contributed by atoms with Crippen LogP contribution in [0.25, 0.3) is 0 Å². The molecule has 112 valence electrons. The van der Waals surface area contributed by atoms with Gasteiger partial charge in [0, 0.05) is 11.4 Å². The van der Waals surface area contributed by atoms with Gasteiger partial charge in [-0.25, -0.2) is 0 Å². The number of rotatable bonds is 5. The molecular weight excluding hydrogens is 362 g/mol. The SMILES string of the molecule is CC(=O)NCc1nc(C(C)Oc2ccc(Br)cc2Cl)no1. The van der Waals surface area contributed by atoms with Gasteiger partial charge in [-0.15, -0.1) is 0 Å². The van der Waals surface area contributed by atoms with Gasteiger partial charge < -0.3 is 14.6 Å². The van der Waals surface area contributed by atoms with Gasteiger partial charge in [0.05, 0.1) is 11.6 Å². The summed E-state index contributed by atoms with van der Waals surface area (Å²) in [5.41, 5.74) is 0. The van der Waals surface area contributed by atoms with Gasteiger partial charge >= 0.3 is 0 Å². The maximum Gasteiger partial charge on any atom is 0.246 e. The van der Waals surface area contributed by atoms with Crippen LogP contribution in [0.4, 0.5) is 0 Å². The minimum Gasteiger partial charge on any atom is -0.481 e. The number of carbonyl (C=O) groups is 1. The zero-order valence-electron chi connectivity index (χ0n) is 11.4. The largest absolute Gasteiger partial charge is 0.481 e. The average Bonchev–Trinajstić information content (AvgIpc) is 2.88. The van der Waals surface area contributed by atoms with Gasteiger partial charge in [-0.3, -0.25) is 4.79 Å². The zero-order valence-corrected chi connectivity index (χ0v) is 13.7. The summed E-state index contributed by atoms with van der Waals surface area (Å²) in [7, 11) is 0. The minimum absolute atomic E-state index is 0.166. The topological polar surface area (TPSA) is 77.2 Å². The van der Waals surface area contributed by atoms with Gasteiger partial charge in [-0.1, -0.05) is 32.7 Å². The van der Waals surface area contributed by atoms with Gasteiger partial charge in [0.1, 0.15) is 5.75 Å². The van der Waals surface area contributed by atoms with E-state index < -0.39 is 6.10 Å². The highest BCUT2D eigenvalue weighted by molar-refractivity contribution is 9.10. The first-order valence-corrected chi connectivity index (χ1v) is 7.31. The molecule has 0 spiro atoms. The lowest BCUT2D eigenvalue weighted by Gasteiger charge is -2.12. The lowest BCUT2D eigenvalue weighted by atomic mass is 10.3. The van der Waals surface area contributed by atoms with Gasteiger partial charge in [-0.2, -0.15) is 4.98 Å². The molecule has 21 heavy (non-hydrogen) atoms. The van der Waals surface area contributed by atoms with E-state index in [1.165, 1.54) is 6.92 Å². The van der Waals surface area contributed by atoms with Crippen LogP contribution >= 0.6 is 27.5 Å². The van der Waals surface area contributed by atoms with Crippen LogP contribution in [0.1, 0.15) is 31.7 Å². The predicted octanol–water partition coefficient (Wildman–Crippen LogP) is 3.26. The van der Waals surface area contributed by atoms with Gasteiger partial charge in [0.2, 0.25) is 17.6 Å². The summed E-state index contributed by atoms with van der Waals surface area (Å²) in [6, 6.07) is 5.32. The number of hydrogen-bond acceptors (Lipinski definition) is 5. The third-order valence-corrected chi connectivity index (χ3v) is 3.32. The average molecular weight is 375 g/mol. The molecule has 1 unspecified atom stereocenters. The Labute approximate surface area is 134 Å². The molecule has 0 aliphatic heterocycles. The molecule has 1 atom stereocenters. The quantitative estimate of drug-likeness (QED) is 0.869. The Morgan fingerprint density at radius 1 is 1.57 bits per heavy atom. The molecule has 1 amide bonds. The molecule has 1 aromatic carbocycles. The lowest BCUT2D eigenvalue weighted by Crippen LogP contribution is -2.19. The van der Waals surface area contributed by atoms with E-state index in [9.17, 15) is 4.79 Å². The molecular formula is C13H13BrClN3O3. The fourth-order valence-corrected chi connectivity index (χ4v) is 2.24. The highest BCUT2D eigenvalue weighted by atomic mass is 79.9. The summed E-state index contributed by atoms with van der Waals surface area (Å²) >= 11 is 9.41. The van der Waals surface area contributed by atoms with E-state index in [1.807, 2.05) is 6.07 Å². The smallest absolute Gasteiger partial charge is 0.246 e. The molecule has 1 heterocycles. The molecule has 6 nitrogen and oxygen atoms in total. The zero-order chi connectivity index (χ0) is 15.4. The molecule has 0 radical (unpaired) electrons. The van der Waals surface area contributed by atoms with Crippen LogP contribution in [-0.4, -0.2) is 16.0 Å². The van der Waals surface area contributed by atoms with E-state index in [0.29, 0.717) is 22.5 Å². The van der Waals surface area contributed by atoms with E-state index >= 15 is 0 Å². The van der Waals surface area contributed by atoms with Crippen molar-refractivity contribution in [3.63, 3.8) is 0 Å². The number of nitrogens with one attached hydrogen (secondary N) is 1. The summed E-state index contributed by atoms with van der Waals surface area (Å²) in [4.78, 5) is 15.0. The van der Waals surface area contributed by atoms with Crippen LogP contribution in [0, 0.1) is 0 Å². The summed E-state index contributed by atoms with van der Waals surface area (Å²) in [6.07, 6.45) is -0.432. The van der Waals surface area contributed by atoms with Gasteiger partial charge in [-0.05, 0) is 25.1 Å². The molecule has 0 aliphatic rings. The van der Waals surface area contributed by atoms with Crippen molar-refractivity contribution in [1.82, 2.24) is 15.5 Å². The number of hydrogen-bond donors (Lipinski definition) is 1. The number of carbonyl (C=O) groups excluding carboxylic acids is 1. The number of benzene rings is 1. The maximum atomic E-state index is 10.8. The van der Waals surface area contributed by atoms with Crippen molar-refractivity contribution in [2.75, 3.05) is 0 Å². The van der Waals surface area contributed by atoms with Crippen LogP contribution in [0.2, 0.25) is 5.02 Å². The Bertz CT molecular complexity index is 647. The summed E-state index contributed by atoms with van der Waals surface area (Å²) in [5.74, 6) is 1.06. The number of aromatic nitrogens is 2. The Morgan fingerprint density at radius 3 is 3.00 bits per heavy atom. The number of nitrogens with zero attached hydrogens (tertiary/aromatic N) is 2. The van der Waals surface area contributed by atoms with E-state index in [0.717, 1.165) is 4.47 Å². The van der Waals surface area contributed by atoms with Crippen molar-refractivity contribution in [1.29, 1.82) is 0 Å². The Morgan fingerprint density at radius 2 is 2.33 bits per heavy atom. The number of ether oxygens (including phenoxy) is 1. The van der Waals surface area contributed by atoms with Crippen LogP contribution in [0.5, 0.6) is 5.75 Å². The summed E-state index contributed by atoms with van der Waals surface area (Å²) in [6.45, 7) is 3.39. The first kappa shape index (κ1) is 15.8. The standard InChI is InChI=1S/C13H13BrClN3O3/c1-7(20-11-4-3-9(14)5-10(11)15)13-17-12(21-18-13)6-16-8(2)19/h3-5,7H,6H2,1-2H3,(H,16,19). The fraction of sp³-hybridized carbons (Fsp3) is 0.308.